The predicted octanol–water partition coefficient (Wildman–Crippen LogP) is 2.49. The van der Waals surface area contributed by atoms with Gasteiger partial charge < -0.3 is 19.7 Å². The first kappa shape index (κ1) is 11.4. The van der Waals surface area contributed by atoms with Crippen LogP contribution < -0.4 is 9.47 Å². The van der Waals surface area contributed by atoms with E-state index in [1.54, 1.807) is 24.3 Å². The SMILES string of the molecule is O=C(O)c1ccc(-c2ccc3c(c2)OCO3)c(O)c1. The van der Waals surface area contributed by atoms with Crippen LogP contribution in [0.25, 0.3) is 11.1 Å². The Morgan fingerprint density at radius 2 is 1.84 bits per heavy atom. The van der Waals surface area contributed by atoms with E-state index in [0.29, 0.717) is 17.1 Å². The Morgan fingerprint density at radius 1 is 1.05 bits per heavy atom. The highest BCUT2D eigenvalue weighted by Gasteiger charge is 2.15. The molecule has 19 heavy (non-hydrogen) atoms. The lowest BCUT2D eigenvalue weighted by molar-refractivity contribution is 0.0696. The van der Waals surface area contributed by atoms with Gasteiger partial charge in [0.05, 0.1) is 5.56 Å². The van der Waals surface area contributed by atoms with E-state index in [-0.39, 0.29) is 18.1 Å². The minimum atomic E-state index is -1.08. The second-order valence-electron chi connectivity index (χ2n) is 4.11. The van der Waals surface area contributed by atoms with Crippen LogP contribution in [0.2, 0.25) is 0 Å². The third kappa shape index (κ3) is 1.95. The summed E-state index contributed by atoms with van der Waals surface area (Å²) in [7, 11) is 0. The van der Waals surface area contributed by atoms with Gasteiger partial charge in [-0.15, -0.1) is 0 Å². The van der Waals surface area contributed by atoms with Crippen LogP contribution in [-0.4, -0.2) is 23.0 Å². The van der Waals surface area contributed by atoms with Crippen LogP contribution >= 0.6 is 0 Å². The van der Waals surface area contributed by atoms with Crippen LogP contribution in [-0.2, 0) is 0 Å². The zero-order chi connectivity index (χ0) is 13.4. The maximum Gasteiger partial charge on any atom is 0.335 e. The standard InChI is InChI=1S/C14H10O5/c15-11-5-9(14(16)17)1-3-10(11)8-2-4-12-13(6-8)19-7-18-12/h1-6,15H,7H2,(H,16,17). The molecule has 0 aromatic heterocycles. The lowest BCUT2D eigenvalue weighted by Crippen LogP contribution is -1.95. The van der Waals surface area contributed by atoms with Gasteiger partial charge >= 0.3 is 5.97 Å². The van der Waals surface area contributed by atoms with Gasteiger partial charge in [0.25, 0.3) is 0 Å². The molecule has 0 spiro atoms. The topological polar surface area (TPSA) is 76.0 Å². The number of aromatic carboxylic acids is 1. The number of rotatable bonds is 2. The van der Waals surface area contributed by atoms with Crippen molar-refractivity contribution in [2.75, 3.05) is 6.79 Å². The van der Waals surface area contributed by atoms with Gasteiger partial charge in [0.2, 0.25) is 6.79 Å². The summed E-state index contributed by atoms with van der Waals surface area (Å²) in [6.07, 6.45) is 0. The number of hydrogen-bond donors (Lipinski definition) is 2. The number of ether oxygens (including phenoxy) is 2. The molecule has 0 unspecified atom stereocenters. The second-order valence-corrected chi connectivity index (χ2v) is 4.11. The van der Waals surface area contributed by atoms with Crippen LogP contribution in [0, 0.1) is 0 Å². The van der Waals surface area contributed by atoms with Crippen molar-refractivity contribution in [1.29, 1.82) is 0 Å². The number of carboxylic acids is 1. The summed E-state index contributed by atoms with van der Waals surface area (Å²) in [5.74, 6) is 0.107. The van der Waals surface area contributed by atoms with Gasteiger partial charge in [-0.1, -0.05) is 6.07 Å². The number of fused-ring (bicyclic) bond motifs is 1. The number of carboxylic acid groups (broad SMARTS) is 1. The normalized spacial score (nSPS) is 12.4. The Bertz CT molecular complexity index is 663. The molecule has 1 heterocycles. The molecule has 2 aromatic rings. The molecule has 2 aromatic carbocycles. The molecule has 0 amide bonds. The monoisotopic (exact) mass is 258 g/mol. The average Bonchev–Trinajstić information content (AvgIpc) is 2.85. The van der Waals surface area contributed by atoms with E-state index in [1.807, 2.05) is 0 Å². The van der Waals surface area contributed by atoms with E-state index in [2.05, 4.69) is 0 Å². The molecule has 1 aliphatic rings. The molecule has 5 heteroatoms. The Labute approximate surface area is 108 Å². The van der Waals surface area contributed by atoms with Crippen molar-refractivity contribution in [2.24, 2.45) is 0 Å². The van der Waals surface area contributed by atoms with E-state index in [1.165, 1.54) is 12.1 Å². The smallest absolute Gasteiger partial charge is 0.335 e. The Morgan fingerprint density at radius 3 is 2.58 bits per heavy atom. The number of benzene rings is 2. The third-order valence-corrected chi connectivity index (χ3v) is 2.93. The van der Waals surface area contributed by atoms with Crippen molar-refractivity contribution in [2.45, 2.75) is 0 Å². The van der Waals surface area contributed by atoms with Gasteiger partial charge in [-0.3, -0.25) is 0 Å². The fraction of sp³-hybridized carbons (Fsp3) is 0.0714. The second kappa shape index (κ2) is 4.20. The number of phenolic OH excluding ortho intramolecular Hbond substituents is 1. The fourth-order valence-electron chi connectivity index (χ4n) is 1.97. The maximum absolute atomic E-state index is 10.8. The van der Waals surface area contributed by atoms with E-state index in [0.717, 1.165) is 5.56 Å². The number of hydrogen-bond acceptors (Lipinski definition) is 4. The fourth-order valence-corrected chi connectivity index (χ4v) is 1.97. The number of aromatic hydroxyl groups is 1. The number of phenols is 1. The molecule has 0 saturated heterocycles. The minimum Gasteiger partial charge on any atom is -0.507 e. The molecule has 0 radical (unpaired) electrons. The predicted molar refractivity (Wildman–Crippen MR) is 66.6 cm³/mol. The van der Waals surface area contributed by atoms with E-state index >= 15 is 0 Å². The van der Waals surface area contributed by atoms with Crippen molar-refractivity contribution in [1.82, 2.24) is 0 Å². The van der Waals surface area contributed by atoms with Gasteiger partial charge in [0.15, 0.2) is 11.5 Å². The van der Waals surface area contributed by atoms with Gasteiger partial charge in [-0.25, -0.2) is 4.79 Å². The molecule has 0 saturated carbocycles. The van der Waals surface area contributed by atoms with Crippen molar-refractivity contribution in [3.63, 3.8) is 0 Å². The van der Waals surface area contributed by atoms with Crippen LogP contribution in [0.3, 0.4) is 0 Å². The van der Waals surface area contributed by atoms with E-state index in [4.69, 9.17) is 14.6 Å². The summed E-state index contributed by atoms with van der Waals surface area (Å²) in [4.78, 5) is 10.8. The molecule has 5 nitrogen and oxygen atoms in total. The third-order valence-electron chi connectivity index (χ3n) is 2.93. The first-order valence-corrected chi connectivity index (χ1v) is 5.61. The summed E-state index contributed by atoms with van der Waals surface area (Å²) >= 11 is 0. The zero-order valence-electron chi connectivity index (χ0n) is 9.79. The largest absolute Gasteiger partial charge is 0.507 e. The van der Waals surface area contributed by atoms with Crippen molar-refractivity contribution in [3.8, 4) is 28.4 Å². The highest BCUT2D eigenvalue weighted by molar-refractivity contribution is 5.89. The minimum absolute atomic E-state index is 0.0435. The summed E-state index contributed by atoms with van der Waals surface area (Å²) < 4.78 is 10.5. The molecular weight excluding hydrogens is 248 g/mol. The molecular formula is C14H10O5. The average molecular weight is 258 g/mol. The van der Waals surface area contributed by atoms with Gasteiger partial charge in [-0.2, -0.15) is 0 Å². The highest BCUT2D eigenvalue weighted by atomic mass is 16.7. The molecule has 96 valence electrons. The Kier molecular flexibility index (Phi) is 2.52. The van der Waals surface area contributed by atoms with Crippen LogP contribution in [0.1, 0.15) is 10.4 Å². The maximum atomic E-state index is 10.8. The first-order chi connectivity index (χ1) is 9.15. The molecule has 0 fully saturated rings. The summed E-state index contributed by atoms with van der Waals surface area (Å²) in [5, 5.41) is 18.8. The number of carbonyl (C=O) groups is 1. The quantitative estimate of drug-likeness (QED) is 0.865. The van der Waals surface area contributed by atoms with Gasteiger partial charge in [0.1, 0.15) is 5.75 Å². The van der Waals surface area contributed by atoms with Gasteiger partial charge in [0, 0.05) is 5.56 Å². The van der Waals surface area contributed by atoms with Crippen LogP contribution in [0.15, 0.2) is 36.4 Å². The first-order valence-electron chi connectivity index (χ1n) is 5.61. The summed E-state index contributed by atoms with van der Waals surface area (Å²) in [5.41, 5.74) is 1.32. The van der Waals surface area contributed by atoms with Gasteiger partial charge in [-0.05, 0) is 35.9 Å². The molecule has 0 atom stereocenters. The van der Waals surface area contributed by atoms with Crippen molar-refractivity contribution in [3.05, 3.63) is 42.0 Å². The summed E-state index contributed by atoms with van der Waals surface area (Å²) in [6, 6.07) is 9.52. The Balaban J connectivity index is 2.05. The lowest BCUT2D eigenvalue weighted by Gasteiger charge is -2.06. The highest BCUT2D eigenvalue weighted by Crippen LogP contribution is 2.38. The molecule has 0 aliphatic carbocycles. The van der Waals surface area contributed by atoms with E-state index < -0.39 is 5.97 Å². The molecule has 1 aliphatic heterocycles. The zero-order valence-corrected chi connectivity index (χ0v) is 9.79. The molecule has 2 N–H and O–H groups in total. The van der Waals surface area contributed by atoms with Crippen molar-refractivity contribution < 1.29 is 24.5 Å². The Hall–Kier alpha value is -2.69. The molecule has 3 rings (SSSR count). The molecule has 0 bridgehead atoms. The van der Waals surface area contributed by atoms with Crippen LogP contribution in [0.4, 0.5) is 0 Å². The van der Waals surface area contributed by atoms with E-state index in [9.17, 15) is 9.90 Å². The summed E-state index contributed by atoms with van der Waals surface area (Å²) in [6.45, 7) is 0.183. The van der Waals surface area contributed by atoms with Crippen molar-refractivity contribution >= 4 is 5.97 Å². The van der Waals surface area contributed by atoms with Crippen LogP contribution in [0.5, 0.6) is 17.2 Å². The lowest BCUT2D eigenvalue weighted by atomic mass is 10.0.